The SMILES string of the molecule is CCCc1nnsc1C(=O)NC(CC)CC(=O)O. The number of carboxylic acids is 1. The van der Waals surface area contributed by atoms with Crippen molar-refractivity contribution in [2.24, 2.45) is 0 Å². The van der Waals surface area contributed by atoms with Gasteiger partial charge in [-0.15, -0.1) is 5.10 Å². The highest BCUT2D eigenvalue weighted by molar-refractivity contribution is 7.08. The van der Waals surface area contributed by atoms with E-state index >= 15 is 0 Å². The lowest BCUT2D eigenvalue weighted by Gasteiger charge is -2.14. The van der Waals surface area contributed by atoms with E-state index in [2.05, 4.69) is 14.9 Å². The summed E-state index contributed by atoms with van der Waals surface area (Å²) in [7, 11) is 0. The molecule has 1 rings (SSSR count). The van der Waals surface area contributed by atoms with Crippen molar-refractivity contribution in [3.63, 3.8) is 0 Å². The molecule has 0 saturated carbocycles. The topological polar surface area (TPSA) is 92.2 Å². The van der Waals surface area contributed by atoms with Crippen LogP contribution in [0.1, 0.15) is 48.5 Å². The number of aliphatic carboxylic acids is 1. The summed E-state index contributed by atoms with van der Waals surface area (Å²) < 4.78 is 3.77. The van der Waals surface area contributed by atoms with Gasteiger partial charge in [0.15, 0.2) is 0 Å². The Hall–Kier alpha value is -1.50. The minimum absolute atomic E-state index is 0.0718. The van der Waals surface area contributed by atoms with Crippen molar-refractivity contribution in [1.82, 2.24) is 14.9 Å². The monoisotopic (exact) mass is 271 g/mol. The first-order chi connectivity index (χ1) is 8.58. The van der Waals surface area contributed by atoms with Crippen molar-refractivity contribution in [2.45, 2.75) is 45.6 Å². The van der Waals surface area contributed by atoms with Crippen molar-refractivity contribution < 1.29 is 14.7 Å². The van der Waals surface area contributed by atoms with E-state index in [4.69, 9.17) is 5.11 Å². The van der Waals surface area contributed by atoms with Crippen molar-refractivity contribution in [3.8, 4) is 0 Å². The molecule has 7 heteroatoms. The third-order valence-electron chi connectivity index (χ3n) is 2.50. The largest absolute Gasteiger partial charge is 0.481 e. The van der Waals surface area contributed by atoms with E-state index < -0.39 is 5.97 Å². The van der Waals surface area contributed by atoms with Crippen LogP contribution >= 0.6 is 11.5 Å². The van der Waals surface area contributed by atoms with Gasteiger partial charge in [-0.2, -0.15) is 0 Å². The van der Waals surface area contributed by atoms with Crippen LogP contribution in [0.5, 0.6) is 0 Å². The molecule has 0 aliphatic carbocycles. The Balaban J connectivity index is 2.68. The number of carbonyl (C=O) groups is 2. The second kappa shape index (κ2) is 7.05. The molecule has 100 valence electrons. The highest BCUT2D eigenvalue weighted by atomic mass is 32.1. The average Bonchev–Trinajstić information content (AvgIpc) is 2.76. The molecule has 0 aromatic carbocycles. The van der Waals surface area contributed by atoms with E-state index in [0.717, 1.165) is 18.0 Å². The number of nitrogens with one attached hydrogen (secondary N) is 1. The van der Waals surface area contributed by atoms with Gasteiger partial charge in [0.2, 0.25) is 0 Å². The molecular weight excluding hydrogens is 254 g/mol. The first-order valence-corrected chi connectivity index (χ1v) is 6.69. The van der Waals surface area contributed by atoms with Crippen LogP contribution in [0.15, 0.2) is 0 Å². The summed E-state index contributed by atoms with van der Waals surface area (Å²) in [5.74, 6) is -1.19. The van der Waals surface area contributed by atoms with Gasteiger partial charge in [0.05, 0.1) is 12.1 Å². The minimum atomic E-state index is -0.918. The first-order valence-electron chi connectivity index (χ1n) is 5.92. The predicted octanol–water partition coefficient (Wildman–Crippen LogP) is 1.47. The van der Waals surface area contributed by atoms with Crippen molar-refractivity contribution >= 4 is 23.4 Å². The summed E-state index contributed by atoms with van der Waals surface area (Å²) in [6.45, 7) is 3.84. The molecule has 0 aliphatic rings. The molecule has 1 aromatic heterocycles. The number of hydrogen-bond acceptors (Lipinski definition) is 5. The molecule has 1 aromatic rings. The Kier molecular flexibility index (Phi) is 5.70. The zero-order valence-electron chi connectivity index (χ0n) is 10.5. The van der Waals surface area contributed by atoms with Gasteiger partial charge in [0.25, 0.3) is 5.91 Å². The summed E-state index contributed by atoms with van der Waals surface area (Å²) in [6.07, 6.45) is 2.10. The Labute approximate surface area is 110 Å². The van der Waals surface area contributed by atoms with Crippen LogP contribution in [-0.4, -0.2) is 32.6 Å². The van der Waals surface area contributed by atoms with Gasteiger partial charge in [0.1, 0.15) is 4.88 Å². The molecule has 0 saturated heterocycles. The number of hydrogen-bond donors (Lipinski definition) is 2. The average molecular weight is 271 g/mol. The maximum absolute atomic E-state index is 12.0. The van der Waals surface area contributed by atoms with E-state index in [1.54, 1.807) is 0 Å². The number of nitrogens with zero attached hydrogens (tertiary/aromatic N) is 2. The van der Waals surface area contributed by atoms with Gasteiger partial charge < -0.3 is 10.4 Å². The molecule has 0 spiro atoms. The molecule has 1 heterocycles. The molecular formula is C11H17N3O3S. The van der Waals surface area contributed by atoms with Gasteiger partial charge in [0, 0.05) is 6.04 Å². The van der Waals surface area contributed by atoms with E-state index in [-0.39, 0.29) is 18.4 Å². The second-order valence-corrected chi connectivity index (χ2v) is 4.73. The number of rotatable bonds is 7. The van der Waals surface area contributed by atoms with Gasteiger partial charge in [-0.3, -0.25) is 9.59 Å². The lowest BCUT2D eigenvalue weighted by Crippen LogP contribution is -2.36. The summed E-state index contributed by atoms with van der Waals surface area (Å²) in [4.78, 5) is 23.1. The Morgan fingerprint density at radius 2 is 2.17 bits per heavy atom. The zero-order valence-corrected chi connectivity index (χ0v) is 11.3. The molecule has 1 atom stereocenters. The molecule has 0 radical (unpaired) electrons. The quantitative estimate of drug-likeness (QED) is 0.783. The maximum Gasteiger partial charge on any atom is 0.305 e. The first kappa shape index (κ1) is 14.6. The fraction of sp³-hybridized carbons (Fsp3) is 0.636. The van der Waals surface area contributed by atoms with Crippen molar-refractivity contribution in [2.75, 3.05) is 0 Å². The maximum atomic E-state index is 12.0. The lowest BCUT2D eigenvalue weighted by atomic mass is 10.1. The van der Waals surface area contributed by atoms with Crippen LogP contribution in [0.25, 0.3) is 0 Å². The van der Waals surface area contributed by atoms with Crippen LogP contribution < -0.4 is 5.32 Å². The number of carboxylic acid groups (broad SMARTS) is 1. The number of aromatic nitrogens is 2. The van der Waals surface area contributed by atoms with Crippen LogP contribution in [0, 0.1) is 0 Å². The molecule has 1 amide bonds. The fourth-order valence-electron chi connectivity index (χ4n) is 1.54. The van der Waals surface area contributed by atoms with Crippen LogP contribution in [0.2, 0.25) is 0 Å². The Morgan fingerprint density at radius 3 is 2.72 bits per heavy atom. The van der Waals surface area contributed by atoms with Crippen molar-refractivity contribution in [3.05, 3.63) is 10.6 Å². The summed E-state index contributed by atoms with van der Waals surface area (Å²) in [6, 6.07) is -0.355. The lowest BCUT2D eigenvalue weighted by molar-refractivity contribution is -0.137. The second-order valence-electron chi connectivity index (χ2n) is 3.98. The molecule has 2 N–H and O–H groups in total. The summed E-state index contributed by atoms with van der Waals surface area (Å²) in [5, 5.41) is 15.3. The Morgan fingerprint density at radius 1 is 1.44 bits per heavy atom. The fourth-order valence-corrected chi connectivity index (χ4v) is 2.15. The number of amides is 1. The molecule has 18 heavy (non-hydrogen) atoms. The van der Waals surface area contributed by atoms with Crippen molar-refractivity contribution in [1.29, 1.82) is 0 Å². The minimum Gasteiger partial charge on any atom is -0.481 e. The normalized spacial score (nSPS) is 12.1. The predicted molar refractivity (Wildman–Crippen MR) is 67.7 cm³/mol. The smallest absolute Gasteiger partial charge is 0.305 e. The Bertz CT molecular complexity index is 419. The van der Waals surface area contributed by atoms with Crippen LogP contribution in [0.4, 0.5) is 0 Å². The summed E-state index contributed by atoms with van der Waals surface area (Å²) >= 11 is 1.05. The van der Waals surface area contributed by atoms with E-state index in [0.29, 0.717) is 23.4 Å². The molecule has 0 fully saturated rings. The molecule has 0 bridgehead atoms. The van der Waals surface area contributed by atoms with Gasteiger partial charge in [-0.25, -0.2) is 0 Å². The number of carbonyl (C=O) groups excluding carboxylic acids is 1. The molecule has 1 unspecified atom stereocenters. The third kappa shape index (κ3) is 4.06. The van der Waals surface area contributed by atoms with Gasteiger partial charge in [-0.1, -0.05) is 24.8 Å². The van der Waals surface area contributed by atoms with Crippen LogP contribution in [-0.2, 0) is 11.2 Å². The van der Waals surface area contributed by atoms with Crippen LogP contribution in [0.3, 0.4) is 0 Å². The third-order valence-corrected chi connectivity index (χ3v) is 3.26. The summed E-state index contributed by atoms with van der Waals surface area (Å²) in [5.41, 5.74) is 0.685. The van der Waals surface area contributed by atoms with E-state index in [9.17, 15) is 9.59 Å². The number of aryl methyl sites for hydroxylation is 1. The highest BCUT2D eigenvalue weighted by Gasteiger charge is 2.19. The molecule has 6 nitrogen and oxygen atoms in total. The standard InChI is InChI=1S/C11H17N3O3S/c1-3-5-8-10(18-14-13-8)11(17)12-7(4-2)6-9(15)16/h7H,3-6H2,1-2H3,(H,12,17)(H,15,16). The van der Waals surface area contributed by atoms with Gasteiger partial charge >= 0.3 is 5.97 Å². The van der Waals surface area contributed by atoms with E-state index in [1.807, 2.05) is 13.8 Å². The van der Waals surface area contributed by atoms with E-state index in [1.165, 1.54) is 0 Å². The van der Waals surface area contributed by atoms with Gasteiger partial charge in [-0.05, 0) is 24.4 Å². The molecule has 0 aliphatic heterocycles. The zero-order chi connectivity index (χ0) is 13.5. The highest BCUT2D eigenvalue weighted by Crippen LogP contribution is 2.13.